The molecule has 0 aliphatic carbocycles. The van der Waals surface area contributed by atoms with Gasteiger partial charge in [-0.15, -0.1) is 0 Å². The quantitative estimate of drug-likeness (QED) is 0.832. The zero-order valence-electron chi connectivity index (χ0n) is 16.0. The summed E-state index contributed by atoms with van der Waals surface area (Å²) in [5.41, 5.74) is 2.59. The van der Waals surface area contributed by atoms with Crippen LogP contribution in [0.1, 0.15) is 47.8 Å². The van der Waals surface area contributed by atoms with Gasteiger partial charge in [0.2, 0.25) is 11.8 Å². The van der Waals surface area contributed by atoms with Gasteiger partial charge in [-0.1, -0.05) is 6.92 Å². The van der Waals surface area contributed by atoms with Crippen LogP contribution in [0.3, 0.4) is 0 Å². The number of nitrogens with one attached hydrogen (secondary N) is 1. The van der Waals surface area contributed by atoms with E-state index in [1.165, 1.54) is 0 Å². The standard InChI is InChI=1S/C19H25N5O3/c1-4-17(25)20-11-16-22-14-8-9-23(12-15(14)24(16)5-2)19(26)13-6-7-18(27-3)21-10-13/h6-7,10H,4-5,8-9,11-12H2,1-3H3,(H,20,25). The third-order valence-corrected chi connectivity index (χ3v) is 4.75. The van der Waals surface area contributed by atoms with Crippen molar-refractivity contribution in [2.45, 2.75) is 46.3 Å². The number of imidazole rings is 1. The topological polar surface area (TPSA) is 89.4 Å². The normalized spacial score (nSPS) is 13.2. The van der Waals surface area contributed by atoms with Crippen molar-refractivity contribution in [1.29, 1.82) is 0 Å². The van der Waals surface area contributed by atoms with Crippen LogP contribution in [-0.4, -0.2) is 44.9 Å². The van der Waals surface area contributed by atoms with E-state index in [-0.39, 0.29) is 11.8 Å². The lowest BCUT2D eigenvalue weighted by Crippen LogP contribution is -2.36. The van der Waals surface area contributed by atoms with Gasteiger partial charge in [0.05, 0.1) is 37.2 Å². The molecular formula is C19H25N5O3. The molecule has 2 aromatic heterocycles. The Morgan fingerprint density at radius 1 is 1.30 bits per heavy atom. The molecule has 3 heterocycles. The van der Waals surface area contributed by atoms with Gasteiger partial charge in [-0.2, -0.15) is 0 Å². The van der Waals surface area contributed by atoms with E-state index in [1.54, 1.807) is 25.4 Å². The van der Waals surface area contributed by atoms with Gasteiger partial charge in [0.25, 0.3) is 5.91 Å². The molecule has 0 fully saturated rings. The SMILES string of the molecule is CCC(=O)NCc1nc2c(n1CC)CN(C(=O)c1ccc(OC)nc1)CC2. The first-order valence-corrected chi connectivity index (χ1v) is 9.20. The summed E-state index contributed by atoms with van der Waals surface area (Å²) in [4.78, 5) is 35.0. The first-order chi connectivity index (χ1) is 13.1. The number of pyridine rings is 1. The average Bonchev–Trinajstić information content (AvgIpc) is 3.08. The van der Waals surface area contributed by atoms with Gasteiger partial charge in [0, 0.05) is 38.2 Å². The summed E-state index contributed by atoms with van der Waals surface area (Å²) >= 11 is 0. The lowest BCUT2D eigenvalue weighted by atomic mass is 10.1. The Labute approximate surface area is 158 Å². The molecule has 2 aromatic rings. The Morgan fingerprint density at radius 3 is 2.74 bits per heavy atom. The highest BCUT2D eigenvalue weighted by Gasteiger charge is 2.27. The first kappa shape index (κ1) is 18.9. The number of hydrogen-bond acceptors (Lipinski definition) is 5. The molecule has 8 nitrogen and oxygen atoms in total. The molecule has 0 unspecified atom stereocenters. The Kier molecular flexibility index (Phi) is 5.73. The smallest absolute Gasteiger partial charge is 0.255 e. The Hall–Kier alpha value is -2.90. The molecule has 0 aromatic carbocycles. The van der Waals surface area contributed by atoms with Crippen molar-refractivity contribution in [1.82, 2.24) is 24.8 Å². The van der Waals surface area contributed by atoms with Crippen molar-refractivity contribution >= 4 is 11.8 Å². The second kappa shape index (κ2) is 8.20. The summed E-state index contributed by atoms with van der Waals surface area (Å²) in [7, 11) is 1.54. The van der Waals surface area contributed by atoms with Gasteiger partial charge in [0.1, 0.15) is 5.82 Å². The molecule has 0 radical (unpaired) electrons. The second-order valence-corrected chi connectivity index (χ2v) is 6.36. The number of fused-ring (bicyclic) bond motifs is 1. The van der Waals surface area contributed by atoms with Crippen molar-refractivity contribution in [3.63, 3.8) is 0 Å². The highest BCUT2D eigenvalue weighted by Crippen LogP contribution is 2.22. The summed E-state index contributed by atoms with van der Waals surface area (Å²) in [6.45, 7) is 6.13. The minimum atomic E-state index is -0.0551. The van der Waals surface area contributed by atoms with Crippen LogP contribution in [-0.2, 0) is 30.8 Å². The highest BCUT2D eigenvalue weighted by atomic mass is 16.5. The van der Waals surface area contributed by atoms with E-state index < -0.39 is 0 Å². The molecule has 1 aliphatic rings. The molecule has 2 amide bonds. The van der Waals surface area contributed by atoms with Gasteiger partial charge >= 0.3 is 0 Å². The molecule has 0 saturated carbocycles. The van der Waals surface area contributed by atoms with E-state index in [0.717, 1.165) is 23.8 Å². The lowest BCUT2D eigenvalue weighted by Gasteiger charge is -2.27. The predicted octanol–water partition coefficient (Wildman–Crippen LogP) is 1.53. The maximum atomic E-state index is 12.8. The van der Waals surface area contributed by atoms with Crippen LogP contribution < -0.4 is 10.1 Å². The number of nitrogens with zero attached hydrogens (tertiary/aromatic N) is 4. The first-order valence-electron chi connectivity index (χ1n) is 9.20. The second-order valence-electron chi connectivity index (χ2n) is 6.36. The van der Waals surface area contributed by atoms with Crippen LogP contribution >= 0.6 is 0 Å². The number of carbonyl (C=O) groups excluding carboxylic acids is 2. The summed E-state index contributed by atoms with van der Waals surface area (Å²) in [5.74, 6) is 1.27. The third-order valence-electron chi connectivity index (χ3n) is 4.75. The van der Waals surface area contributed by atoms with Crippen LogP contribution in [0.25, 0.3) is 0 Å². The number of carbonyl (C=O) groups is 2. The fourth-order valence-electron chi connectivity index (χ4n) is 3.26. The van der Waals surface area contributed by atoms with E-state index in [9.17, 15) is 9.59 Å². The van der Waals surface area contributed by atoms with Crippen molar-refractivity contribution in [3.05, 3.63) is 41.1 Å². The van der Waals surface area contributed by atoms with E-state index >= 15 is 0 Å². The number of amides is 2. The van der Waals surface area contributed by atoms with Crippen molar-refractivity contribution in [2.75, 3.05) is 13.7 Å². The largest absolute Gasteiger partial charge is 0.481 e. The average molecular weight is 371 g/mol. The van der Waals surface area contributed by atoms with Crippen molar-refractivity contribution in [3.8, 4) is 5.88 Å². The van der Waals surface area contributed by atoms with Crippen LogP contribution in [0.5, 0.6) is 5.88 Å². The van der Waals surface area contributed by atoms with Gasteiger partial charge in [-0.25, -0.2) is 9.97 Å². The van der Waals surface area contributed by atoms with Gasteiger partial charge in [-0.05, 0) is 13.0 Å². The molecule has 3 rings (SSSR count). The summed E-state index contributed by atoms with van der Waals surface area (Å²) in [6, 6.07) is 3.42. The van der Waals surface area contributed by atoms with Crippen molar-refractivity contribution < 1.29 is 14.3 Å². The van der Waals surface area contributed by atoms with E-state index in [1.807, 2.05) is 18.7 Å². The highest BCUT2D eigenvalue weighted by molar-refractivity contribution is 5.94. The predicted molar refractivity (Wildman–Crippen MR) is 99.3 cm³/mol. The lowest BCUT2D eigenvalue weighted by molar-refractivity contribution is -0.120. The zero-order chi connectivity index (χ0) is 19.4. The maximum absolute atomic E-state index is 12.8. The molecule has 0 bridgehead atoms. The monoisotopic (exact) mass is 371 g/mol. The molecule has 0 saturated heterocycles. The van der Waals surface area contributed by atoms with Gasteiger partial charge in [0.15, 0.2) is 0 Å². The number of hydrogen-bond donors (Lipinski definition) is 1. The molecule has 0 atom stereocenters. The molecule has 0 spiro atoms. The zero-order valence-corrected chi connectivity index (χ0v) is 16.0. The summed E-state index contributed by atoms with van der Waals surface area (Å²) in [6.07, 6.45) is 2.69. The minimum absolute atomic E-state index is 0.00225. The molecule has 1 N–H and O–H groups in total. The number of methoxy groups -OCH3 is 1. The van der Waals surface area contributed by atoms with E-state index in [0.29, 0.717) is 43.9 Å². The Bertz CT molecular complexity index is 829. The third kappa shape index (κ3) is 3.94. The van der Waals surface area contributed by atoms with Gasteiger partial charge in [-0.3, -0.25) is 9.59 Å². The van der Waals surface area contributed by atoms with Gasteiger partial charge < -0.3 is 19.5 Å². The van der Waals surface area contributed by atoms with E-state index in [2.05, 4.69) is 14.9 Å². The maximum Gasteiger partial charge on any atom is 0.255 e. The number of aromatic nitrogens is 3. The van der Waals surface area contributed by atoms with Crippen LogP contribution in [0, 0.1) is 0 Å². The number of rotatable bonds is 6. The van der Waals surface area contributed by atoms with Crippen LogP contribution in [0.15, 0.2) is 18.3 Å². The van der Waals surface area contributed by atoms with Crippen molar-refractivity contribution in [2.24, 2.45) is 0 Å². The number of ether oxygens (including phenoxy) is 1. The molecule has 144 valence electrons. The Balaban J connectivity index is 1.77. The Morgan fingerprint density at radius 2 is 2.11 bits per heavy atom. The van der Waals surface area contributed by atoms with Crippen LogP contribution in [0.4, 0.5) is 0 Å². The summed E-state index contributed by atoms with van der Waals surface area (Å²) < 4.78 is 7.14. The van der Waals surface area contributed by atoms with E-state index in [4.69, 9.17) is 9.72 Å². The fourth-order valence-corrected chi connectivity index (χ4v) is 3.26. The molecule has 1 aliphatic heterocycles. The molecule has 27 heavy (non-hydrogen) atoms. The molecular weight excluding hydrogens is 346 g/mol. The van der Waals surface area contributed by atoms with Crippen LogP contribution in [0.2, 0.25) is 0 Å². The minimum Gasteiger partial charge on any atom is -0.481 e. The fraction of sp³-hybridized carbons (Fsp3) is 0.474. The summed E-state index contributed by atoms with van der Waals surface area (Å²) in [5, 5.41) is 2.88. The molecule has 8 heteroatoms.